The van der Waals surface area contributed by atoms with E-state index in [1.807, 2.05) is 13.8 Å². The number of carbonyl (C=O) groups is 3. The third-order valence-corrected chi connectivity index (χ3v) is 4.35. The van der Waals surface area contributed by atoms with E-state index in [-0.39, 0.29) is 18.3 Å². The van der Waals surface area contributed by atoms with Crippen molar-refractivity contribution in [3.63, 3.8) is 0 Å². The third-order valence-electron chi connectivity index (χ3n) is 3.57. The van der Waals surface area contributed by atoms with Crippen LogP contribution >= 0.6 is 0 Å². The van der Waals surface area contributed by atoms with Gasteiger partial charge in [-0.15, -0.1) is 0 Å². The highest BCUT2D eigenvalue weighted by atomic mass is 32.2. The smallest absolute Gasteiger partial charge is 0.266 e. The van der Waals surface area contributed by atoms with Crippen LogP contribution in [0.1, 0.15) is 33.1 Å². The lowest BCUT2D eigenvalue weighted by Gasteiger charge is -2.23. The largest absolute Gasteiger partial charge is 0.370 e. The van der Waals surface area contributed by atoms with Crippen molar-refractivity contribution in [2.45, 2.75) is 51.2 Å². The van der Waals surface area contributed by atoms with Gasteiger partial charge in [-0.25, -0.2) is 0 Å². The lowest BCUT2D eigenvalue weighted by molar-refractivity contribution is -0.130. The molecule has 3 atom stereocenters. The average molecular weight is 423 g/mol. The monoisotopic (exact) mass is 422 g/mol. The zero-order chi connectivity index (χ0) is 21.9. The van der Waals surface area contributed by atoms with E-state index in [0.717, 1.165) is 0 Å². The van der Waals surface area contributed by atoms with Gasteiger partial charge in [0.05, 0.1) is 11.8 Å². The van der Waals surface area contributed by atoms with Gasteiger partial charge < -0.3 is 32.2 Å². The zero-order valence-corrected chi connectivity index (χ0v) is 16.8. The summed E-state index contributed by atoms with van der Waals surface area (Å²) in [5.74, 6) is -2.70. The van der Waals surface area contributed by atoms with Crippen molar-refractivity contribution >= 4 is 34.2 Å². The number of hydrogen-bond acceptors (Lipinski definition) is 7. The topological polar surface area (TPSA) is 218 Å². The lowest BCUT2D eigenvalue weighted by atomic mass is 10.0. The van der Waals surface area contributed by atoms with Gasteiger partial charge in [0.15, 0.2) is 5.96 Å². The highest BCUT2D eigenvalue weighted by Gasteiger charge is 2.27. The minimum absolute atomic E-state index is 0.00305. The van der Waals surface area contributed by atoms with Gasteiger partial charge in [-0.05, 0) is 25.2 Å². The van der Waals surface area contributed by atoms with Crippen LogP contribution in [0, 0.1) is 11.3 Å². The second-order valence-corrected chi connectivity index (χ2v) is 8.28. The molecule has 0 unspecified atom stereocenters. The summed E-state index contributed by atoms with van der Waals surface area (Å²) in [5.41, 5.74) is 10.6. The van der Waals surface area contributed by atoms with Crippen LogP contribution in [0.15, 0.2) is 0 Å². The van der Waals surface area contributed by atoms with Crippen molar-refractivity contribution in [1.29, 1.82) is 5.41 Å². The van der Waals surface area contributed by atoms with Crippen molar-refractivity contribution in [3.8, 4) is 0 Å². The quantitative estimate of drug-likeness (QED) is 0.0556. The molecule has 12 nitrogen and oxygen atoms in total. The van der Waals surface area contributed by atoms with E-state index in [2.05, 4.69) is 16.0 Å². The molecule has 0 bridgehead atoms. The molecule has 13 heteroatoms. The molecular weight excluding hydrogens is 392 g/mol. The van der Waals surface area contributed by atoms with E-state index in [9.17, 15) is 22.8 Å². The van der Waals surface area contributed by atoms with Crippen LogP contribution in [-0.4, -0.2) is 67.5 Å². The van der Waals surface area contributed by atoms with Gasteiger partial charge in [0, 0.05) is 6.54 Å². The summed E-state index contributed by atoms with van der Waals surface area (Å²) in [6.07, 6.45) is 1.54. The van der Waals surface area contributed by atoms with Gasteiger partial charge in [0.1, 0.15) is 18.4 Å². The molecule has 28 heavy (non-hydrogen) atoms. The fourth-order valence-corrected chi connectivity index (χ4v) is 2.89. The Labute approximate surface area is 164 Å². The molecule has 0 aliphatic heterocycles. The number of guanidine groups is 1. The number of aldehydes is 1. The summed E-state index contributed by atoms with van der Waals surface area (Å²) in [4.78, 5) is 35.7. The molecule has 0 radical (unpaired) electrons. The molecule has 0 saturated carbocycles. The van der Waals surface area contributed by atoms with Crippen LogP contribution < -0.4 is 27.4 Å². The van der Waals surface area contributed by atoms with E-state index < -0.39 is 45.8 Å². The molecule has 0 aliphatic carbocycles. The molecular formula is C15H30N6O6S. The van der Waals surface area contributed by atoms with Crippen LogP contribution in [0.2, 0.25) is 0 Å². The van der Waals surface area contributed by atoms with Crippen LogP contribution in [0.5, 0.6) is 0 Å². The standard InChI is InChI=1S/C15H30N6O6S/c1-9(2)6-12(21-13(23)11(16)8-28(25,26)27)14(24)20-10(7-22)4-3-5-19-15(17)18/h7,9-12H,3-6,8,16H2,1-2H3,(H,20,24)(H,21,23)(H4,17,18,19)(H,25,26,27)/t10-,11-,12-/m0/s1. The maximum absolute atomic E-state index is 12.5. The summed E-state index contributed by atoms with van der Waals surface area (Å²) in [7, 11) is -4.45. The van der Waals surface area contributed by atoms with Crippen molar-refractivity contribution in [3.05, 3.63) is 0 Å². The van der Waals surface area contributed by atoms with Crippen molar-refractivity contribution in [1.82, 2.24) is 16.0 Å². The van der Waals surface area contributed by atoms with E-state index in [1.165, 1.54) is 0 Å². The Bertz CT molecular complexity index is 653. The maximum atomic E-state index is 12.5. The van der Waals surface area contributed by atoms with Crippen LogP contribution in [0.25, 0.3) is 0 Å². The molecule has 0 aromatic carbocycles. The first kappa shape index (κ1) is 25.8. The highest BCUT2D eigenvalue weighted by Crippen LogP contribution is 2.07. The highest BCUT2D eigenvalue weighted by molar-refractivity contribution is 7.85. The van der Waals surface area contributed by atoms with Gasteiger partial charge in [0.25, 0.3) is 10.1 Å². The van der Waals surface area contributed by atoms with Crippen LogP contribution in [0.3, 0.4) is 0 Å². The zero-order valence-electron chi connectivity index (χ0n) is 16.0. The molecule has 0 fully saturated rings. The van der Waals surface area contributed by atoms with E-state index in [0.29, 0.717) is 25.7 Å². The predicted octanol–water partition coefficient (Wildman–Crippen LogP) is -2.32. The van der Waals surface area contributed by atoms with Crippen molar-refractivity contribution in [2.24, 2.45) is 17.4 Å². The first-order valence-corrected chi connectivity index (χ1v) is 10.3. The fraction of sp³-hybridized carbons (Fsp3) is 0.733. The minimum atomic E-state index is -4.45. The number of carbonyl (C=O) groups excluding carboxylic acids is 3. The van der Waals surface area contributed by atoms with Crippen LogP contribution in [-0.2, 0) is 24.5 Å². The summed E-state index contributed by atoms with van der Waals surface area (Å²) >= 11 is 0. The second kappa shape index (κ2) is 12.3. The fourth-order valence-electron chi connectivity index (χ4n) is 2.29. The normalized spacial score (nSPS) is 14.6. The molecule has 0 aromatic heterocycles. The minimum Gasteiger partial charge on any atom is -0.370 e. The van der Waals surface area contributed by atoms with Crippen molar-refractivity contribution < 1.29 is 27.4 Å². The Morgan fingerprint density at radius 1 is 1.21 bits per heavy atom. The number of rotatable bonds is 13. The average Bonchev–Trinajstić information content (AvgIpc) is 2.54. The summed E-state index contributed by atoms with van der Waals surface area (Å²) in [5, 5.41) is 14.5. The number of nitrogens with one attached hydrogen (secondary N) is 4. The molecule has 9 N–H and O–H groups in total. The molecule has 162 valence electrons. The lowest BCUT2D eigenvalue weighted by Crippen LogP contribution is -2.55. The Kier molecular flexibility index (Phi) is 11.3. The predicted molar refractivity (Wildman–Crippen MR) is 103 cm³/mol. The SMILES string of the molecule is CC(C)C[C@H](NC(=O)[C@@H](N)CS(=O)(=O)O)C(=O)N[C@H](C=O)CCCNC(=N)N. The van der Waals surface area contributed by atoms with Gasteiger partial charge in [-0.1, -0.05) is 13.8 Å². The molecule has 0 aromatic rings. The van der Waals surface area contributed by atoms with Gasteiger partial charge >= 0.3 is 0 Å². The molecule has 0 saturated heterocycles. The molecule has 0 rings (SSSR count). The Balaban J connectivity index is 4.88. The first-order chi connectivity index (χ1) is 12.9. The summed E-state index contributed by atoms with van der Waals surface area (Å²) in [6, 6.07) is -3.38. The van der Waals surface area contributed by atoms with E-state index in [4.69, 9.17) is 21.4 Å². The number of hydrogen-bond donors (Lipinski definition) is 7. The maximum Gasteiger partial charge on any atom is 0.266 e. The Morgan fingerprint density at radius 2 is 1.82 bits per heavy atom. The summed E-state index contributed by atoms with van der Waals surface area (Å²) in [6.45, 7) is 3.98. The van der Waals surface area contributed by atoms with E-state index >= 15 is 0 Å². The van der Waals surface area contributed by atoms with Gasteiger partial charge in [0.2, 0.25) is 11.8 Å². The number of nitrogens with two attached hydrogens (primary N) is 2. The first-order valence-electron chi connectivity index (χ1n) is 8.70. The Morgan fingerprint density at radius 3 is 2.29 bits per heavy atom. The van der Waals surface area contributed by atoms with Gasteiger partial charge in [-0.3, -0.25) is 19.6 Å². The van der Waals surface area contributed by atoms with Crippen molar-refractivity contribution in [2.75, 3.05) is 12.3 Å². The van der Waals surface area contributed by atoms with E-state index in [1.54, 1.807) is 0 Å². The molecule has 0 spiro atoms. The number of amides is 2. The Hall–Kier alpha value is -2.25. The molecule has 0 heterocycles. The second-order valence-electron chi connectivity index (χ2n) is 6.78. The van der Waals surface area contributed by atoms with Crippen LogP contribution in [0.4, 0.5) is 0 Å². The molecule has 2 amide bonds. The van der Waals surface area contributed by atoms with Gasteiger partial charge in [-0.2, -0.15) is 8.42 Å². The third kappa shape index (κ3) is 12.2. The molecule has 0 aliphatic rings. The summed E-state index contributed by atoms with van der Waals surface area (Å²) < 4.78 is 30.5.